The maximum Gasteiger partial charge on any atom is 0.254 e. The first-order valence-electron chi connectivity index (χ1n) is 10.8. The minimum atomic E-state index is -1.11. The number of rotatable bonds is 8. The van der Waals surface area contributed by atoms with Gasteiger partial charge < -0.3 is 19.7 Å². The molecule has 2 aliphatic rings. The van der Waals surface area contributed by atoms with Crippen molar-refractivity contribution in [3.8, 4) is 5.75 Å². The Morgan fingerprint density at radius 2 is 2.03 bits per heavy atom. The minimum Gasteiger partial charge on any atom is -0.491 e. The summed E-state index contributed by atoms with van der Waals surface area (Å²) in [6.45, 7) is 1.19. The lowest BCUT2D eigenvalue weighted by molar-refractivity contribution is -0.138. The zero-order chi connectivity index (χ0) is 23.6. The van der Waals surface area contributed by atoms with Crippen LogP contribution in [-0.2, 0) is 27.4 Å². The lowest BCUT2D eigenvalue weighted by atomic mass is 9.70. The number of fused-ring (bicyclic) bond motifs is 1. The number of hydrogen-bond acceptors (Lipinski definition) is 6. The van der Waals surface area contributed by atoms with E-state index in [1.54, 1.807) is 39.2 Å². The molecule has 8 nitrogen and oxygen atoms in total. The fourth-order valence-electron chi connectivity index (χ4n) is 4.16. The summed E-state index contributed by atoms with van der Waals surface area (Å²) in [6, 6.07) is 9.82. The summed E-state index contributed by atoms with van der Waals surface area (Å²) >= 11 is 0. The molecule has 2 aromatic rings. The van der Waals surface area contributed by atoms with Gasteiger partial charge >= 0.3 is 0 Å². The molecule has 3 amide bonds. The fraction of sp³-hybridized carbons (Fsp3) is 0.348. The number of nitrogens with zero attached hydrogens (tertiary/aromatic N) is 1. The van der Waals surface area contributed by atoms with E-state index in [-0.39, 0.29) is 43.6 Å². The van der Waals surface area contributed by atoms with E-state index >= 15 is 0 Å². The van der Waals surface area contributed by atoms with E-state index in [1.165, 1.54) is 11.0 Å². The second kappa shape index (κ2) is 9.23. The second-order valence-electron chi connectivity index (χ2n) is 8.32. The summed E-state index contributed by atoms with van der Waals surface area (Å²) in [5, 5.41) is 5.55. The molecule has 0 saturated carbocycles. The maximum atomic E-state index is 14.4. The lowest BCUT2D eigenvalue weighted by Gasteiger charge is -2.40. The first-order chi connectivity index (χ1) is 15.8. The van der Waals surface area contributed by atoms with Gasteiger partial charge in [0, 0.05) is 49.0 Å². The molecule has 2 heterocycles. The molecule has 1 atom stereocenters. The van der Waals surface area contributed by atoms with Crippen LogP contribution in [-0.4, -0.2) is 56.2 Å². The van der Waals surface area contributed by atoms with Crippen molar-refractivity contribution in [2.45, 2.75) is 31.4 Å². The van der Waals surface area contributed by atoms with Crippen molar-refractivity contribution in [3.05, 3.63) is 58.9 Å². The third-order valence-corrected chi connectivity index (χ3v) is 6.19. The topological polar surface area (TPSA) is 97.0 Å². The van der Waals surface area contributed by atoms with Gasteiger partial charge in [-0.15, -0.1) is 0 Å². The van der Waals surface area contributed by atoms with Gasteiger partial charge in [-0.2, -0.15) is 0 Å². The van der Waals surface area contributed by atoms with Gasteiger partial charge in [0.2, 0.25) is 11.8 Å². The number of carbonyl (C=O) groups excluding carboxylic acids is 3. The van der Waals surface area contributed by atoms with Crippen LogP contribution in [0.1, 0.15) is 34.3 Å². The molecule has 1 fully saturated rings. The van der Waals surface area contributed by atoms with Gasteiger partial charge in [0.1, 0.15) is 26.0 Å². The Labute approximate surface area is 191 Å². The summed E-state index contributed by atoms with van der Waals surface area (Å²) in [5.74, 6) is -0.903. The SMILES string of the molecule is BC1(N2Cc3c(NCc4cc(OCCOC)ccc4F)cccc3C2=O)CCC(=O)NC1=O. The normalized spacial score (nSPS) is 19.9. The fourth-order valence-corrected chi connectivity index (χ4v) is 4.16. The van der Waals surface area contributed by atoms with Gasteiger partial charge in [0.15, 0.2) is 0 Å². The van der Waals surface area contributed by atoms with Gasteiger partial charge in [-0.3, -0.25) is 19.7 Å². The highest BCUT2D eigenvalue weighted by atomic mass is 19.1. The lowest BCUT2D eigenvalue weighted by Crippen LogP contribution is -2.63. The molecular weight excluding hydrogens is 428 g/mol. The Morgan fingerprint density at radius 3 is 2.79 bits per heavy atom. The summed E-state index contributed by atoms with van der Waals surface area (Å²) in [7, 11) is 3.25. The zero-order valence-electron chi connectivity index (χ0n) is 18.6. The molecule has 0 bridgehead atoms. The Bertz CT molecular complexity index is 1110. The largest absolute Gasteiger partial charge is 0.491 e. The van der Waals surface area contributed by atoms with Crippen LogP contribution in [0.25, 0.3) is 0 Å². The average Bonchev–Trinajstić information content (AvgIpc) is 3.15. The van der Waals surface area contributed by atoms with Gasteiger partial charge in [0.05, 0.1) is 12.0 Å². The summed E-state index contributed by atoms with van der Waals surface area (Å²) in [4.78, 5) is 38.8. The summed E-state index contributed by atoms with van der Waals surface area (Å²) in [5.41, 5.74) is 1.22. The monoisotopic (exact) mass is 453 g/mol. The molecule has 2 N–H and O–H groups in total. The Kier molecular flexibility index (Phi) is 6.37. The average molecular weight is 453 g/mol. The van der Waals surface area contributed by atoms with E-state index in [9.17, 15) is 18.8 Å². The highest BCUT2D eigenvalue weighted by Gasteiger charge is 2.48. The molecule has 0 radical (unpaired) electrons. The smallest absolute Gasteiger partial charge is 0.254 e. The summed E-state index contributed by atoms with van der Waals surface area (Å²) in [6.07, 6.45) is 0.441. The first kappa shape index (κ1) is 22.8. The molecule has 4 rings (SSSR count). The van der Waals surface area contributed by atoms with Crippen LogP contribution in [0.5, 0.6) is 5.75 Å². The number of ether oxygens (including phenoxy) is 2. The van der Waals surface area contributed by atoms with E-state index in [0.717, 1.165) is 5.56 Å². The Balaban J connectivity index is 1.51. The van der Waals surface area contributed by atoms with Crippen molar-refractivity contribution < 1.29 is 28.2 Å². The molecule has 172 valence electrons. The maximum absolute atomic E-state index is 14.4. The van der Waals surface area contributed by atoms with E-state index in [4.69, 9.17) is 9.47 Å². The second-order valence-corrected chi connectivity index (χ2v) is 8.32. The molecule has 0 aromatic heterocycles. The number of halogens is 1. The molecule has 33 heavy (non-hydrogen) atoms. The van der Waals surface area contributed by atoms with Crippen molar-refractivity contribution in [1.29, 1.82) is 0 Å². The molecule has 0 aliphatic carbocycles. The molecule has 2 aliphatic heterocycles. The minimum absolute atomic E-state index is 0.176. The molecule has 1 unspecified atom stereocenters. The van der Waals surface area contributed by atoms with Crippen molar-refractivity contribution in [1.82, 2.24) is 10.2 Å². The van der Waals surface area contributed by atoms with E-state index in [0.29, 0.717) is 35.8 Å². The quantitative estimate of drug-likeness (QED) is 0.354. The van der Waals surface area contributed by atoms with Crippen molar-refractivity contribution in [2.24, 2.45) is 0 Å². The van der Waals surface area contributed by atoms with Crippen LogP contribution in [0.2, 0.25) is 0 Å². The number of amides is 3. The number of hydrogen-bond donors (Lipinski definition) is 2. The highest BCUT2D eigenvalue weighted by molar-refractivity contribution is 6.32. The molecule has 10 heteroatoms. The number of nitrogens with one attached hydrogen (secondary N) is 2. The zero-order valence-corrected chi connectivity index (χ0v) is 18.6. The van der Waals surface area contributed by atoms with Crippen molar-refractivity contribution in [3.63, 3.8) is 0 Å². The number of piperidine rings is 1. The predicted octanol–water partition coefficient (Wildman–Crippen LogP) is 1.18. The van der Waals surface area contributed by atoms with Crippen LogP contribution < -0.4 is 15.4 Å². The molecule has 1 saturated heterocycles. The van der Waals surface area contributed by atoms with Crippen LogP contribution in [0, 0.1) is 5.82 Å². The molecular formula is C23H25BFN3O5. The van der Waals surface area contributed by atoms with E-state index in [2.05, 4.69) is 10.6 Å². The standard InChI is InChI=1S/C23H25BFN3O5/c1-32-9-10-33-15-5-6-18(25)14(11-15)12-26-19-4-2-3-16-17(19)13-28(21(16)30)23(24)8-7-20(29)27-22(23)31/h2-6,11,26H,7-10,12-13,24H2,1H3,(H,27,29,31). The number of benzene rings is 2. The highest BCUT2D eigenvalue weighted by Crippen LogP contribution is 2.36. The van der Waals surface area contributed by atoms with Gasteiger partial charge in [-0.05, 0) is 36.8 Å². The van der Waals surface area contributed by atoms with Crippen LogP contribution in [0.4, 0.5) is 10.1 Å². The van der Waals surface area contributed by atoms with Gasteiger partial charge in [-0.25, -0.2) is 4.39 Å². The third kappa shape index (κ3) is 4.43. The van der Waals surface area contributed by atoms with Crippen LogP contribution >= 0.6 is 0 Å². The first-order valence-corrected chi connectivity index (χ1v) is 10.8. The third-order valence-electron chi connectivity index (χ3n) is 6.19. The number of methoxy groups -OCH3 is 1. The van der Waals surface area contributed by atoms with Crippen molar-refractivity contribution in [2.75, 3.05) is 25.6 Å². The Morgan fingerprint density at radius 1 is 1.21 bits per heavy atom. The van der Waals surface area contributed by atoms with E-state index in [1.807, 2.05) is 6.07 Å². The van der Waals surface area contributed by atoms with Crippen LogP contribution in [0.15, 0.2) is 36.4 Å². The van der Waals surface area contributed by atoms with Gasteiger partial charge in [0.25, 0.3) is 5.91 Å². The number of imide groups is 1. The predicted molar refractivity (Wildman–Crippen MR) is 121 cm³/mol. The molecule has 0 spiro atoms. The van der Waals surface area contributed by atoms with Crippen LogP contribution in [0.3, 0.4) is 0 Å². The van der Waals surface area contributed by atoms with Crippen molar-refractivity contribution >= 4 is 31.3 Å². The molecule has 2 aromatic carbocycles. The number of anilines is 1. The Hall–Kier alpha value is -3.40. The van der Waals surface area contributed by atoms with Gasteiger partial charge in [-0.1, -0.05) is 6.07 Å². The van der Waals surface area contributed by atoms with E-state index < -0.39 is 11.3 Å². The number of carbonyl (C=O) groups is 3. The summed E-state index contributed by atoms with van der Waals surface area (Å²) < 4.78 is 24.9.